The molecule has 0 heterocycles. The Kier molecular flexibility index (Phi) is 3.58. The summed E-state index contributed by atoms with van der Waals surface area (Å²) in [4.78, 5) is 0. The summed E-state index contributed by atoms with van der Waals surface area (Å²) in [6, 6.07) is 5.92. The van der Waals surface area contributed by atoms with Crippen LogP contribution >= 0.6 is 0 Å². The van der Waals surface area contributed by atoms with Crippen molar-refractivity contribution in [2.24, 2.45) is 5.84 Å². The lowest BCUT2D eigenvalue weighted by Gasteiger charge is -2.13. The Bertz CT molecular complexity index is 251. The van der Waals surface area contributed by atoms with Gasteiger partial charge in [-0.25, -0.2) is 0 Å². The minimum absolute atomic E-state index is 0.658. The molecular weight excluding hydrogens is 164 g/mol. The molecule has 0 bridgehead atoms. The van der Waals surface area contributed by atoms with E-state index in [1.807, 2.05) is 25.1 Å². The van der Waals surface area contributed by atoms with Crippen molar-refractivity contribution in [2.75, 3.05) is 12.0 Å². The summed E-state index contributed by atoms with van der Waals surface area (Å²) < 4.78 is 5.51. The van der Waals surface area contributed by atoms with Crippen LogP contribution < -0.4 is 16.0 Å². The molecule has 72 valence electrons. The van der Waals surface area contributed by atoms with Crippen LogP contribution in [0, 0.1) is 0 Å². The van der Waals surface area contributed by atoms with Gasteiger partial charge in [-0.3, -0.25) is 5.84 Å². The van der Waals surface area contributed by atoms with Gasteiger partial charge in [0.2, 0.25) is 0 Å². The van der Waals surface area contributed by atoms with E-state index in [2.05, 4.69) is 12.3 Å². The maximum absolute atomic E-state index is 5.51. The lowest BCUT2D eigenvalue weighted by atomic mass is 10.1. The van der Waals surface area contributed by atoms with Crippen LogP contribution in [0.2, 0.25) is 0 Å². The van der Waals surface area contributed by atoms with E-state index in [9.17, 15) is 0 Å². The number of nitrogen functional groups attached to an aromatic ring is 1. The molecule has 3 N–H and O–H groups in total. The first-order valence-electron chi connectivity index (χ1n) is 4.54. The van der Waals surface area contributed by atoms with Crippen molar-refractivity contribution in [3.05, 3.63) is 23.8 Å². The van der Waals surface area contributed by atoms with Crippen molar-refractivity contribution in [2.45, 2.75) is 20.3 Å². The van der Waals surface area contributed by atoms with Crippen LogP contribution in [0.25, 0.3) is 0 Å². The molecule has 0 saturated heterocycles. The molecule has 1 aromatic carbocycles. The highest BCUT2D eigenvalue weighted by molar-refractivity contribution is 5.59. The zero-order valence-corrected chi connectivity index (χ0v) is 8.13. The number of nitrogens with one attached hydrogen (secondary N) is 1. The Morgan fingerprint density at radius 2 is 2.15 bits per heavy atom. The zero-order valence-electron chi connectivity index (χ0n) is 8.13. The summed E-state index contributed by atoms with van der Waals surface area (Å²) in [5.41, 5.74) is 4.66. The minimum Gasteiger partial charge on any atom is -0.491 e. The van der Waals surface area contributed by atoms with Gasteiger partial charge in [0.25, 0.3) is 0 Å². The molecule has 0 aliphatic heterocycles. The van der Waals surface area contributed by atoms with Gasteiger partial charge < -0.3 is 10.2 Å². The van der Waals surface area contributed by atoms with E-state index in [0.717, 1.165) is 17.9 Å². The van der Waals surface area contributed by atoms with Crippen LogP contribution in [0.15, 0.2) is 18.2 Å². The van der Waals surface area contributed by atoms with Crippen LogP contribution in [0.4, 0.5) is 5.69 Å². The average Bonchev–Trinajstić information content (AvgIpc) is 2.18. The van der Waals surface area contributed by atoms with Crippen LogP contribution in [0.3, 0.4) is 0 Å². The zero-order chi connectivity index (χ0) is 9.68. The number of ether oxygens (including phenoxy) is 1. The van der Waals surface area contributed by atoms with E-state index < -0.39 is 0 Å². The molecule has 1 aromatic rings. The van der Waals surface area contributed by atoms with Crippen molar-refractivity contribution in [3.8, 4) is 5.75 Å². The number of anilines is 1. The van der Waals surface area contributed by atoms with Crippen LogP contribution in [-0.2, 0) is 6.42 Å². The monoisotopic (exact) mass is 180 g/mol. The molecule has 0 aliphatic rings. The molecular formula is C10H16N2O. The first kappa shape index (κ1) is 9.86. The normalized spacial score (nSPS) is 9.77. The van der Waals surface area contributed by atoms with Crippen molar-refractivity contribution >= 4 is 5.69 Å². The van der Waals surface area contributed by atoms with Crippen LogP contribution in [0.1, 0.15) is 19.4 Å². The summed E-state index contributed by atoms with van der Waals surface area (Å²) in [5.74, 6) is 6.24. The van der Waals surface area contributed by atoms with Gasteiger partial charge in [-0.05, 0) is 25.0 Å². The second-order valence-corrected chi connectivity index (χ2v) is 2.72. The highest BCUT2D eigenvalue weighted by Gasteiger charge is 2.06. The predicted octanol–water partition coefficient (Wildman–Crippen LogP) is 1.93. The Morgan fingerprint density at radius 3 is 2.69 bits per heavy atom. The summed E-state index contributed by atoms with van der Waals surface area (Å²) in [5, 5.41) is 0. The third kappa shape index (κ3) is 2.12. The van der Waals surface area contributed by atoms with Gasteiger partial charge in [-0.2, -0.15) is 0 Å². The number of aryl methyl sites for hydroxylation is 1. The Labute approximate surface area is 78.9 Å². The fraction of sp³-hybridized carbons (Fsp3) is 0.400. The second kappa shape index (κ2) is 4.72. The predicted molar refractivity (Wildman–Crippen MR) is 54.8 cm³/mol. The molecule has 0 spiro atoms. The maximum Gasteiger partial charge on any atom is 0.146 e. The molecule has 1 rings (SSSR count). The van der Waals surface area contributed by atoms with Crippen molar-refractivity contribution < 1.29 is 4.74 Å². The lowest BCUT2D eigenvalue weighted by molar-refractivity contribution is 0.338. The van der Waals surface area contributed by atoms with E-state index in [1.165, 1.54) is 5.56 Å². The third-order valence-corrected chi connectivity index (χ3v) is 1.92. The van der Waals surface area contributed by atoms with Gasteiger partial charge in [0, 0.05) is 0 Å². The third-order valence-electron chi connectivity index (χ3n) is 1.92. The highest BCUT2D eigenvalue weighted by atomic mass is 16.5. The number of nitrogens with two attached hydrogens (primary N) is 1. The number of para-hydroxylation sites is 1. The summed E-state index contributed by atoms with van der Waals surface area (Å²) in [7, 11) is 0. The molecule has 0 amide bonds. The fourth-order valence-electron chi connectivity index (χ4n) is 1.29. The molecule has 0 radical (unpaired) electrons. The molecule has 3 nitrogen and oxygen atoms in total. The molecule has 0 unspecified atom stereocenters. The molecule has 3 heteroatoms. The van der Waals surface area contributed by atoms with E-state index in [-0.39, 0.29) is 0 Å². The Morgan fingerprint density at radius 1 is 1.38 bits per heavy atom. The van der Waals surface area contributed by atoms with Crippen molar-refractivity contribution in [1.29, 1.82) is 0 Å². The summed E-state index contributed by atoms with van der Waals surface area (Å²) in [6.45, 7) is 4.72. The maximum atomic E-state index is 5.51. The van der Waals surface area contributed by atoms with Gasteiger partial charge >= 0.3 is 0 Å². The number of rotatable bonds is 4. The van der Waals surface area contributed by atoms with Gasteiger partial charge in [0.15, 0.2) is 0 Å². The topological polar surface area (TPSA) is 47.3 Å². The van der Waals surface area contributed by atoms with Crippen molar-refractivity contribution in [1.82, 2.24) is 0 Å². The first-order valence-corrected chi connectivity index (χ1v) is 4.54. The number of benzene rings is 1. The van der Waals surface area contributed by atoms with Gasteiger partial charge in [-0.1, -0.05) is 19.1 Å². The SMILES string of the molecule is CCOc1c(CC)cccc1NN. The Balaban J connectivity index is 3.05. The minimum atomic E-state index is 0.658. The first-order chi connectivity index (χ1) is 6.33. The number of hydrazine groups is 1. The quantitative estimate of drug-likeness (QED) is 0.550. The van der Waals surface area contributed by atoms with Crippen LogP contribution in [-0.4, -0.2) is 6.61 Å². The van der Waals surface area contributed by atoms with Crippen molar-refractivity contribution in [3.63, 3.8) is 0 Å². The number of hydrogen-bond donors (Lipinski definition) is 2. The molecule has 0 aliphatic carbocycles. The van der Waals surface area contributed by atoms with E-state index in [1.54, 1.807) is 0 Å². The summed E-state index contributed by atoms with van der Waals surface area (Å²) >= 11 is 0. The van der Waals surface area contributed by atoms with Crippen LogP contribution in [0.5, 0.6) is 5.75 Å². The molecule has 0 atom stereocenters. The molecule has 0 aromatic heterocycles. The van der Waals surface area contributed by atoms with E-state index in [4.69, 9.17) is 10.6 Å². The van der Waals surface area contributed by atoms with Gasteiger partial charge in [0.05, 0.1) is 12.3 Å². The van der Waals surface area contributed by atoms with Gasteiger partial charge in [0.1, 0.15) is 5.75 Å². The average molecular weight is 180 g/mol. The molecule has 13 heavy (non-hydrogen) atoms. The highest BCUT2D eigenvalue weighted by Crippen LogP contribution is 2.28. The van der Waals surface area contributed by atoms with E-state index in [0.29, 0.717) is 6.61 Å². The fourth-order valence-corrected chi connectivity index (χ4v) is 1.29. The number of hydrogen-bond acceptors (Lipinski definition) is 3. The van der Waals surface area contributed by atoms with Gasteiger partial charge in [-0.15, -0.1) is 0 Å². The molecule has 0 fully saturated rings. The molecule has 0 saturated carbocycles. The van der Waals surface area contributed by atoms with E-state index >= 15 is 0 Å². The standard InChI is InChI=1S/C10H16N2O/c1-3-8-6-5-7-9(12-11)10(8)13-4-2/h5-7,12H,3-4,11H2,1-2H3. The summed E-state index contributed by atoms with van der Waals surface area (Å²) in [6.07, 6.45) is 0.949. The lowest BCUT2D eigenvalue weighted by Crippen LogP contribution is -2.09. The Hall–Kier alpha value is -1.22. The largest absolute Gasteiger partial charge is 0.491 e. The second-order valence-electron chi connectivity index (χ2n) is 2.72. The smallest absolute Gasteiger partial charge is 0.146 e.